The molecule has 0 aromatic heterocycles. The van der Waals surface area contributed by atoms with Crippen LogP contribution in [0.1, 0.15) is 0 Å². The Balaban J connectivity index is 2.39. The Kier molecular flexibility index (Phi) is 3.19. The number of hydrogen-bond donors (Lipinski definition) is 1. The van der Waals surface area contributed by atoms with E-state index in [1.807, 2.05) is 10.6 Å². The third-order valence-corrected chi connectivity index (χ3v) is 2.94. The van der Waals surface area contributed by atoms with Crippen LogP contribution < -0.4 is 0 Å². The first-order valence-electron chi connectivity index (χ1n) is 3.04. The lowest BCUT2D eigenvalue weighted by molar-refractivity contribution is -0.0458. The molecule has 2 atom stereocenters. The van der Waals surface area contributed by atoms with Crippen molar-refractivity contribution in [3.63, 3.8) is 0 Å². The molecule has 1 N–H and O–H groups in total. The van der Waals surface area contributed by atoms with Crippen LogP contribution in [-0.2, 0) is 25.6 Å². The maximum absolute atomic E-state index is 9.12. The molecule has 60 valence electrons. The van der Waals surface area contributed by atoms with E-state index in [2.05, 4.69) is 0 Å². The summed E-state index contributed by atoms with van der Waals surface area (Å²) in [6, 6.07) is 0. The fourth-order valence-corrected chi connectivity index (χ4v) is 1.73. The van der Waals surface area contributed by atoms with Crippen LogP contribution in [0, 0.1) is 0 Å². The van der Waals surface area contributed by atoms with E-state index in [4.69, 9.17) is 21.0 Å². The van der Waals surface area contributed by atoms with Gasteiger partial charge < -0.3 is 9.84 Å². The van der Waals surface area contributed by atoms with Crippen LogP contribution in [-0.4, -0.2) is 41.7 Å². The number of hydrogen-bond acceptors (Lipinski definition) is 3. The molecule has 3 nitrogen and oxygen atoms in total. The van der Waals surface area contributed by atoms with Gasteiger partial charge in [0.2, 0.25) is 0 Å². The molecule has 0 aromatic carbocycles. The van der Waals surface area contributed by atoms with Crippen molar-refractivity contribution in [3.05, 3.63) is 0 Å². The minimum atomic E-state index is -0.355. The molecule has 1 saturated heterocycles. The third-order valence-electron chi connectivity index (χ3n) is 1.32. The van der Waals surface area contributed by atoms with E-state index >= 15 is 0 Å². The molecule has 2 unspecified atom stereocenters. The van der Waals surface area contributed by atoms with Gasteiger partial charge in [0, 0.05) is 12.8 Å². The van der Waals surface area contributed by atoms with Crippen molar-refractivity contribution < 1.29 is 9.84 Å². The molecule has 1 heterocycles. The Morgan fingerprint density at radius 1 is 1.80 bits per heavy atom. The first-order chi connectivity index (χ1) is 4.70. The van der Waals surface area contributed by atoms with Gasteiger partial charge in [-0.2, -0.15) is 0 Å². The molecule has 0 amide bonds. The van der Waals surface area contributed by atoms with Gasteiger partial charge in [0.25, 0.3) is 0 Å². The minimum absolute atomic E-state index is 0.191. The number of rotatable bonds is 1. The van der Waals surface area contributed by atoms with Crippen LogP contribution >= 0.6 is 0 Å². The van der Waals surface area contributed by atoms with Crippen LogP contribution in [0.15, 0.2) is 0 Å². The number of aliphatic hydroxyl groups is 1. The van der Waals surface area contributed by atoms with E-state index in [1.54, 1.807) is 0 Å². The molecule has 1 fully saturated rings. The summed E-state index contributed by atoms with van der Waals surface area (Å²) in [6.45, 7) is 1.67. The molecule has 0 aliphatic carbocycles. The summed E-state index contributed by atoms with van der Waals surface area (Å²) in [5, 5.41) is 9.12. The van der Waals surface area contributed by atoms with E-state index in [9.17, 15) is 0 Å². The van der Waals surface area contributed by atoms with E-state index in [0.717, 1.165) is 0 Å². The highest BCUT2D eigenvalue weighted by Gasteiger charge is 2.18. The molecule has 1 rings (SSSR count). The van der Waals surface area contributed by atoms with Crippen LogP contribution in [0.25, 0.3) is 0 Å². The first kappa shape index (κ1) is 8.55. The average molecular weight is 181 g/mol. The van der Waals surface area contributed by atoms with Gasteiger partial charge in [-0.25, -0.2) is 4.31 Å². The highest BCUT2D eigenvalue weighted by Crippen LogP contribution is 2.03. The number of ether oxygens (including phenoxy) is 1. The largest absolute Gasteiger partial charge is 0.389 e. The number of β-amino-alcohol motifs (C(OH)–C–C–N with tert-alkyl or cyclic N) is 1. The van der Waals surface area contributed by atoms with Crippen LogP contribution in [0.3, 0.4) is 0 Å². The summed E-state index contributed by atoms with van der Waals surface area (Å²) in [5.41, 5.74) is 0. The summed E-state index contributed by atoms with van der Waals surface area (Å²) in [4.78, 5) is 0. The summed E-state index contributed by atoms with van der Waals surface area (Å²) in [6.07, 6.45) is 1.59. The van der Waals surface area contributed by atoms with Gasteiger partial charge in [0.1, 0.15) is 6.73 Å². The van der Waals surface area contributed by atoms with Gasteiger partial charge in [-0.1, -0.05) is 9.64 Å². The number of nitrogens with zero attached hydrogens (tertiary/aromatic N) is 1. The molecule has 5 heteroatoms. The molecule has 0 bridgehead atoms. The fraction of sp³-hybridized carbons (Fsp3) is 1.00. The van der Waals surface area contributed by atoms with Gasteiger partial charge in [0.15, 0.2) is 0 Å². The lowest BCUT2D eigenvalue weighted by Crippen LogP contribution is -2.42. The summed E-state index contributed by atoms with van der Waals surface area (Å²) in [5.74, 6) is 0. The van der Waals surface area contributed by atoms with Crippen molar-refractivity contribution in [1.29, 1.82) is 0 Å². The van der Waals surface area contributed by atoms with Crippen molar-refractivity contribution in [2.24, 2.45) is 0 Å². The Hall–Kier alpha value is 0.450. The fourth-order valence-electron chi connectivity index (χ4n) is 0.810. The van der Waals surface area contributed by atoms with E-state index in [1.165, 1.54) is 0 Å². The maximum Gasteiger partial charge on any atom is 0.109 e. The van der Waals surface area contributed by atoms with Crippen LogP contribution in [0.5, 0.6) is 0 Å². The number of aliphatic hydroxyl groups excluding tert-OH is 1. The predicted molar refractivity (Wildman–Crippen MR) is 44.2 cm³/mol. The van der Waals surface area contributed by atoms with Crippen LogP contribution in [0.2, 0.25) is 0 Å². The zero-order valence-electron chi connectivity index (χ0n) is 5.82. The molecule has 1 aliphatic rings. The second-order valence-electron chi connectivity index (χ2n) is 2.24. The SMILES string of the molecule is CS(=S)N1COCC(O)C1. The maximum atomic E-state index is 9.12. The Labute approximate surface area is 67.7 Å². The average Bonchev–Trinajstić information content (AvgIpc) is 1.88. The van der Waals surface area contributed by atoms with Crippen molar-refractivity contribution in [2.75, 3.05) is 26.1 Å². The molecule has 1 aliphatic heterocycles. The standard InChI is InChI=1S/C5H11NO2S2/c1-10(9)6-2-5(7)3-8-4-6/h5,7H,2-4H2,1H3. The lowest BCUT2D eigenvalue weighted by atomic mass is 10.3. The normalized spacial score (nSPS) is 32.0. The van der Waals surface area contributed by atoms with Gasteiger partial charge in [0.05, 0.1) is 12.7 Å². The second-order valence-corrected chi connectivity index (χ2v) is 5.05. The smallest absolute Gasteiger partial charge is 0.109 e. The molecule has 0 spiro atoms. The topological polar surface area (TPSA) is 32.7 Å². The summed E-state index contributed by atoms with van der Waals surface area (Å²) >= 11 is 5.01. The molecular formula is C5H11NO2S2. The van der Waals surface area contributed by atoms with Gasteiger partial charge in [-0.3, -0.25) is 0 Å². The zero-order valence-corrected chi connectivity index (χ0v) is 7.45. The molecule has 10 heavy (non-hydrogen) atoms. The summed E-state index contributed by atoms with van der Waals surface area (Å²) in [7, 11) is -0.191. The lowest BCUT2D eigenvalue weighted by Gasteiger charge is -2.29. The van der Waals surface area contributed by atoms with Crippen molar-refractivity contribution in [2.45, 2.75) is 6.10 Å². The highest BCUT2D eigenvalue weighted by molar-refractivity contribution is 8.27. The van der Waals surface area contributed by atoms with E-state index in [-0.39, 0.29) is 15.7 Å². The minimum Gasteiger partial charge on any atom is -0.389 e. The van der Waals surface area contributed by atoms with Gasteiger partial charge in [-0.15, -0.1) is 0 Å². The molecule has 0 radical (unpaired) electrons. The third kappa shape index (κ3) is 2.25. The Morgan fingerprint density at radius 2 is 2.50 bits per heavy atom. The first-order valence-corrected chi connectivity index (χ1v) is 5.56. The van der Waals surface area contributed by atoms with Crippen molar-refractivity contribution >= 4 is 20.8 Å². The van der Waals surface area contributed by atoms with Gasteiger partial charge >= 0.3 is 0 Å². The predicted octanol–water partition coefficient (Wildman–Crippen LogP) is -0.738. The zero-order chi connectivity index (χ0) is 7.56. The van der Waals surface area contributed by atoms with Gasteiger partial charge in [-0.05, 0) is 11.2 Å². The Bertz CT molecular complexity index is 142. The van der Waals surface area contributed by atoms with E-state index in [0.29, 0.717) is 19.9 Å². The molecule has 0 aromatic rings. The molecular weight excluding hydrogens is 170 g/mol. The second kappa shape index (κ2) is 3.73. The summed E-state index contributed by atoms with van der Waals surface area (Å²) < 4.78 is 7.02. The van der Waals surface area contributed by atoms with Crippen LogP contribution in [0.4, 0.5) is 0 Å². The monoisotopic (exact) mass is 181 g/mol. The van der Waals surface area contributed by atoms with E-state index < -0.39 is 0 Å². The van der Waals surface area contributed by atoms with Crippen molar-refractivity contribution in [3.8, 4) is 0 Å². The Morgan fingerprint density at radius 3 is 2.90 bits per heavy atom. The molecule has 0 saturated carbocycles. The highest BCUT2D eigenvalue weighted by atomic mass is 32.8. The van der Waals surface area contributed by atoms with Crippen molar-refractivity contribution in [1.82, 2.24) is 4.31 Å². The quantitative estimate of drug-likeness (QED) is 0.578.